The first-order valence-corrected chi connectivity index (χ1v) is 5.57. The van der Waals surface area contributed by atoms with Crippen LogP contribution in [0.2, 0.25) is 0 Å². The van der Waals surface area contributed by atoms with Crippen LogP contribution in [0.25, 0.3) is 0 Å². The summed E-state index contributed by atoms with van der Waals surface area (Å²) in [5.41, 5.74) is -0.661. The number of aromatic hydroxyl groups is 2. The van der Waals surface area contributed by atoms with Crippen LogP contribution >= 0.6 is 11.3 Å². The summed E-state index contributed by atoms with van der Waals surface area (Å²) in [4.78, 5) is 14.7. The maximum atomic E-state index is 10.8. The molecule has 92 valence electrons. The average molecular weight is 265 g/mol. The van der Waals surface area contributed by atoms with Crippen LogP contribution in [0.5, 0.6) is 11.5 Å². The van der Waals surface area contributed by atoms with E-state index in [9.17, 15) is 15.0 Å². The van der Waals surface area contributed by atoms with Crippen molar-refractivity contribution in [1.29, 1.82) is 0 Å². The van der Waals surface area contributed by atoms with Crippen molar-refractivity contribution < 1.29 is 20.1 Å². The lowest BCUT2D eigenvalue weighted by molar-refractivity contribution is 0.0690. The molecule has 2 aromatic rings. The van der Waals surface area contributed by atoms with E-state index in [-0.39, 0.29) is 5.69 Å². The van der Waals surface area contributed by atoms with Gasteiger partial charge >= 0.3 is 5.97 Å². The molecule has 2 rings (SSSR count). The zero-order valence-corrected chi connectivity index (χ0v) is 9.63. The topological polar surface area (TPSA) is 115 Å². The Labute approximate surface area is 105 Å². The molecule has 1 aromatic heterocycles. The van der Waals surface area contributed by atoms with Crippen molar-refractivity contribution in [2.75, 3.05) is 0 Å². The fourth-order valence-electron chi connectivity index (χ4n) is 1.22. The summed E-state index contributed by atoms with van der Waals surface area (Å²) in [6, 6.07) is 2.38. The van der Waals surface area contributed by atoms with Crippen molar-refractivity contribution >= 4 is 28.1 Å². The Morgan fingerprint density at radius 3 is 2.67 bits per heavy atom. The molecule has 3 N–H and O–H groups in total. The Hall–Kier alpha value is -2.48. The number of carboxylic acids is 1. The number of hydrogen-bond donors (Lipinski definition) is 3. The van der Waals surface area contributed by atoms with E-state index in [2.05, 4.69) is 15.2 Å². The molecular weight excluding hydrogens is 258 g/mol. The number of rotatable bonds is 3. The van der Waals surface area contributed by atoms with E-state index in [4.69, 9.17) is 5.11 Å². The second-order valence-corrected chi connectivity index (χ2v) is 4.02. The van der Waals surface area contributed by atoms with Gasteiger partial charge in [-0.3, -0.25) is 0 Å². The lowest BCUT2D eigenvalue weighted by atomic mass is 10.1. The summed E-state index contributed by atoms with van der Waals surface area (Å²) < 4.78 is 0. The third-order valence-corrected chi connectivity index (χ3v) is 2.67. The Balaban J connectivity index is 2.41. The average Bonchev–Trinajstić information content (AvgIpc) is 2.80. The molecule has 0 unspecified atom stereocenters. The minimum absolute atomic E-state index is 0.0552. The van der Waals surface area contributed by atoms with Gasteiger partial charge in [0, 0.05) is 11.6 Å². The van der Waals surface area contributed by atoms with Gasteiger partial charge in [0.2, 0.25) is 5.13 Å². The van der Waals surface area contributed by atoms with E-state index in [1.165, 1.54) is 17.4 Å². The van der Waals surface area contributed by atoms with Crippen LogP contribution in [-0.4, -0.2) is 26.3 Å². The Morgan fingerprint density at radius 1 is 1.28 bits per heavy atom. The highest BCUT2D eigenvalue weighted by atomic mass is 32.1. The smallest absolute Gasteiger partial charge is 0.343 e. The number of nitrogens with zero attached hydrogens (tertiary/aromatic N) is 3. The van der Waals surface area contributed by atoms with E-state index >= 15 is 0 Å². The number of carbonyl (C=O) groups is 1. The van der Waals surface area contributed by atoms with Gasteiger partial charge in [-0.1, -0.05) is 0 Å². The first-order chi connectivity index (χ1) is 8.59. The van der Waals surface area contributed by atoms with Crippen LogP contribution < -0.4 is 0 Å². The van der Waals surface area contributed by atoms with Gasteiger partial charge in [-0.15, -0.1) is 21.6 Å². The highest BCUT2D eigenvalue weighted by Gasteiger charge is 2.18. The molecule has 0 atom stereocenters. The summed E-state index contributed by atoms with van der Waals surface area (Å²) in [6.07, 6.45) is 1.54. The number of azo groups is 1. The maximum Gasteiger partial charge on any atom is 0.343 e. The number of phenols is 2. The number of hydrogen-bond acceptors (Lipinski definition) is 7. The number of benzene rings is 1. The highest BCUT2D eigenvalue weighted by molar-refractivity contribution is 7.13. The summed E-state index contributed by atoms with van der Waals surface area (Å²) in [7, 11) is 0. The molecule has 0 saturated heterocycles. The molecule has 8 heteroatoms. The van der Waals surface area contributed by atoms with Crippen LogP contribution in [-0.2, 0) is 0 Å². The van der Waals surface area contributed by atoms with E-state index in [0.717, 1.165) is 6.07 Å². The van der Waals surface area contributed by atoms with Crippen molar-refractivity contribution in [2.45, 2.75) is 0 Å². The van der Waals surface area contributed by atoms with Gasteiger partial charge in [-0.2, -0.15) is 0 Å². The lowest BCUT2D eigenvalue weighted by Crippen LogP contribution is -1.97. The molecule has 1 aromatic carbocycles. The van der Waals surface area contributed by atoms with Crippen LogP contribution in [0, 0.1) is 0 Å². The summed E-state index contributed by atoms with van der Waals surface area (Å²) in [6.45, 7) is 0. The van der Waals surface area contributed by atoms with Crippen molar-refractivity contribution in [3.05, 3.63) is 29.3 Å². The Kier molecular flexibility index (Phi) is 3.20. The van der Waals surface area contributed by atoms with Crippen molar-refractivity contribution in [3.63, 3.8) is 0 Å². The summed E-state index contributed by atoms with van der Waals surface area (Å²) >= 11 is 1.24. The molecule has 0 aliphatic heterocycles. The van der Waals surface area contributed by atoms with E-state index in [0.29, 0.717) is 5.13 Å². The Morgan fingerprint density at radius 2 is 2.06 bits per heavy atom. The molecule has 0 aliphatic rings. The maximum absolute atomic E-state index is 10.8. The van der Waals surface area contributed by atoms with Gasteiger partial charge in [-0.05, 0) is 12.1 Å². The molecule has 1 heterocycles. The van der Waals surface area contributed by atoms with E-state index in [1.54, 1.807) is 11.6 Å². The van der Waals surface area contributed by atoms with Gasteiger partial charge in [0.25, 0.3) is 0 Å². The predicted octanol–water partition coefficient (Wildman–Crippen LogP) is 2.67. The fourth-order valence-corrected chi connectivity index (χ4v) is 1.68. The van der Waals surface area contributed by atoms with Gasteiger partial charge in [0.05, 0.1) is 0 Å². The standard InChI is InChI=1S/C10H7N3O4S/c14-6-2-1-5(8(15)7(6)9(16)17)12-13-10-11-3-4-18-10/h1-4,14-15H,(H,16,17). The van der Waals surface area contributed by atoms with Crippen molar-refractivity contribution in [2.24, 2.45) is 10.2 Å². The van der Waals surface area contributed by atoms with Crippen molar-refractivity contribution in [1.82, 2.24) is 4.98 Å². The van der Waals surface area contributed by atoms with Gasteiger partial charge in [-0.25, -0.2) is 9.78 Å². The molecule has 0 fully saturated rings. The lowest BCUT2D eigenvalue weighted by Gasteiger charge is -2.03. The zero-order valence-electron chi connectivity index (χ0n) is 8.81. The first kappa shape index (κ1) is 12.0. The molecule has 0 bridgehead atoms. The van der Waals surface area contributed by atoms with Gasteiger partial charge in [0.1, 0.15) is 17.0 Å². The molecule has 0 spiro atoms. The molecular formula is C10H7N3O4S. The molecule has 7 nitrogen and oxygen atoms in total. The van der Waals surface area contributed by atoms with Crippen molar-refractivity contribution in [3.8, 4) is 11.5 Å². The highest BCUT2D eigenvalue weighted by Crippen LogP contribution is 2.36. The molecule has 0 saturated carbocycles. The predicted molar refractivity (Wildman–Crippen MR) is 63.0 cm³/mol. The van der Waals surface area contributed by atoms with Crippen LogP contribution in [0.4, 0.5) is 10.8 Å². The second-order valence-electron chi connectivity index (χ2n) is 3.15. The third-order valence-electron chi connectivity index (χ3n) is 2.01. The largest absolute Gasteiger partial charge is 0.507 e. The third kappa shape index (κ3) is 2.28. The number of carboxylic acid groups (broad SMARTS) is 1. The van der Waals surface area contributed by atoms with E-state index < -0.39 is 23.0 Å². The fraction of sp³-hybridized carbons (Fsp3) is 0. The summed E-state index contributed by atoms with van der Waals surface area (Å²) in [5.74, 6) is -2.62. The molecule has 0 radical (unpaired) electrons. The summed E-state index contributed by atoms with van der Waals surface area (Å²) in [5, 5.41) is 37.3. The number of aromatic nitrogens is 1. The van der Waals surface area contributed by atoms with Crippen LogP contribution in [0.1, 0.15) is 10.4 Å². The minimum atomic E-state index is -1.45. The van der Waals surface area contributed by atoms with E-state index in [1.807, 2.05) is 0 Å². The number of aromatic carboxylic acids is 1. The van der Waals surface area contributed by atoms with Gasteiger partial charge < -0.3 is 15.3 Å². The second kappa shape index (κ2) is 4.80. The zero-order chi connectivity index (χ0) is 13.1. The van der Waals surface area contributed by atoms with Crippen LogP contribution in [0.3, 0.4) is 0 Å². The molecule has 0 amide bonds. The molecule has 0 aliphatic carbocycles. The molecule has 18 heavy (non-hydrogen) atoms. The first-order valence-electron chi connectivity index (χ1n) is 4.69. The monoisotopic (exact) mass is 265 g/mol. The van der Waals surface area contributed by atoms with Gasteiger partial charge in [0.15, 0.2) is 5.75 Å². The van der Waals surface area contributed by atoms with Crippen LogP contribution in [0.15, 0.2) is 33.9 Å². The number of thiazole rings is 1. The Bertz CT molecular complexity index is 610. The quantitative estimate of drug-likeness (QED) is 0.738. The SMILES string of the molecule is O=C(O)c1c(O)ccc(N=Nc2nccs2)c1O. The minimum Gasteiger partial charge on any atom is -0.507 e. The normalized spacial score (nSPS) is 10.9.